The minimum Gasteiger partial charge on any atom is -0.364 e. The lowest BCUT2D eigenvalue weighted by molar-refractivity contribution is 0.267. The zero-order valence-corrected chi connectivity index (χ0v) is 11.7. The smallest absolute Gasteiger partial charge is 0.174 e. The van der Waals surface area contributed by atoms with Gasteiger partial charge in [-0.2, -0.15) is 5.10 Å². The summed E-state index contributed by atoms with van der Waals surface area (Å²) in [5.74, 6) is 2.62. The van der Waals surface area contributed by atoms with Gasteiger partial charge in [-0.25, -0.2) is 0 Å². The fraction of sp³-hybridized carbons (Fsp3) is 0.600. The van der Waals surface area contributed by atoms with Crippen molar-refractivity contribution in [1.29, 1.82) is 0 Å². The maximum atomic E-state index is 4.39. The Labute approximate surface area is 114 Å². The van der Waals surface area contributed by atoms with Crippen molar-refractivity contribution >= 4 is 16.9 Å². The lowest BCUT2D eigenvalue weighted by Gasteiger charge is -2.31. The van der Waals surface area contributed by atoms with Gasteiger partial charge in [-0.1, -0.05) is 13.8 Å². The quantitative estimate of drug-likeness (QED) is 0.884. The summed E-state index contributed by atoms with van der Waals surface area (Å²) in [6, 6.07) is 4.48. The summed E-state index contributed by atoms with van der Waals surface area (Å²) in [5.41, 5.74) is 1.95. The molecule has 0 spiro atoms. The van der Waals surface area contributed by atoms with Gasteiger partial charge >= 0.3 is 0 Å². The van der Waals surface area contributed by atoms with Gasteiger partial charge < -0.3 is 5.32 Å². The number of rotatable bonds is 3. The first-order chi connectivity index (χ1) is 9.24. The zero-order valence-electron chi connectivity index (χ0n) is 11.7. The van der Waals surface area contributed by atoms with Crippen LogP contribution in [-0.2, 0) is 0 Å². The summed E-state index contributed by atoms with van der Waals surface area (Å²) < 4.78 is 0. The van der Waals surface area contributed by atoms with E-state index in [9.17, 15) is 0 Å². The van der Waals surface area contributed by atoms with Crippen molar-refractivity contribution < 1.29 is 0 Å². The van der Waals surface area contributed by atoms with Crippen LogP contribution in [0.25, 0.3) is 11.0 Å². The third-order valence-corrected chi connectivity index (χ3v) is 4.38. The first-order valence-electron chi connectivity index (χ1n) is 7.29. The molecule has 102 valence electrons. The molecule has 1 aliphatic carbocycles. The summed E-state index contributed by atoms with van der Waals surface area (Å²) in [6.07, 6.45) is 6.95. The van der Waals surface area contributed by atoms with Gasteiger partial charge in [-0.05, 0) is 49.7 Å². The molecule has 0 radical (unpaired) electrons. The molecule has 2 N–H and O–H groups in total. The van der Waals surface area contributed by atoms with Gasteiger partial charge in [0.25, 0.3) is 0 Å². The first-order valence-corrected chi connectivity index (χ1v) is 7.29. The van der Waals surface area contributed by atoms with Gasteiger partial charge in [0.1, 0.15) is 5.52 Å². The standard InChI is InChI=1S/C15H22N4/c1-10(2)11-5-7-12(8-6-11)17-15-14-13(18-19-15)4-3-9-16-14/h3-4,9-12H,5-8H2,1-2H3,(H2,17,18,19). The van der Waals surface area contributed by atoms with Crippen LogP contribution in [-0.4, -0.2) is 21.2 Å². The number of pyridine rings is 1. The van der Waals surface area contributed by atoms with E-state index in [1.54, 1.807) is 0 Å². The second-order valence-electron chi connectivity index (χ2n) is 5.97. The Kier molecular flexibility index (Phi) is 3.40. The second-order valence-corrected chi connectivity index (χ2v) is 5.97. The number of hydrogen-bond acceptors (Lipinski definition) is 3. The molecule has 4 nitrogen and oxygen atoms in total. The molecule has 1 saturated carbocycles. The van der Waals surface area contributed by atoms with Crippen LogP contribution in [0.3, 0.4) is 0 Å². The number of hydrogen-bond donors (Lipinski definition) is 2. The largest absolute Gasteiger partial charge is 0.364 e. The molecule has 0 atom stereocenters. The Balaban J connectivity index is 1.66. The van der Waals surface area contributed by atoms with Crippen molar-refractivity contribution in [1.82, 2.24) is 15.2 Å². The van der Waals surface area contributed by atoms with E-state index < -0.39 is 0 Å². The molecule has 0 aromatic carbocycles. The van der Waals surface area contributed by atoms with Crippen LogP contribution in [0.5, 0.6) is 0 Å². The minimum absolute atomic E-state index is 0.545. The maximum absolute atomic E-state index is 4.39. The van der Waals surface area contributed by atoms with Gasteiger partial charge in [0.2, 0.25) is 0 Å². The average Bonchev–Trinajstić information content (AvgIpc) is 2.83. The van der Waals surface area contributed by atoms with Gasteiger partial charge in [0.05, 0.1) is 5.52 Å². The van der Waals surface area contributed by atoms with E-state index in [4.69, 9.17) is 0 Å². The maximum Gasteiger partial charge on any atom is 0.174 e. The highest BCUT2D eigenvalue weighted by molar-refractivity contribution is 5.85. The molecule has 0 unspecified atom stereocenters. The van der Waals surface area contributed by atoms with Gasteiger partial charge in [0, 0.05) is 12.2 Å². The molecule has 2 aromatic rings. The molecule has 19 heavy (non-hydrogen) atoms. The van der Waals surface area contributed by atoms with Crippen LogP contribution < -0.4 is 5.32 Å². The monoisotopic (exact) mass is 258 g/mol. The van der Waals surface area contributed by atoms with E-state index in [2.05, 4.69) is 34.3 Å². The summed E-state index contributed by atoms with van der Waals surface area (Å²) >= 11 is 0. The minimum atomic E-state index is 0.545. The molecule has 2 heterocycles. The predicted molar refractivity (Wildman–Crippen MR) is 78.1 cm³/mol. The van der Waals surface area contributed by atoms with Gasteiger partial charge in [0.15, 0.2) is 5.82 Å². The van der Waals surface area contributed by atoms with Crippen LogP contribution in [0.15, 0.2) is 18.3 Å². The van der Waals surface area contributed by atoms with E-state index in [1.807, 2.05) is 18.3 Å². The Morgan fingerprint density at radius 1 is 1.26 bits per heavy atom. The fourth-order valence-corrected chi connectivity index (χ4v) is 3.08. The Morgan fingerprint density at radius 2 is 2.05 bits per heavy atom. The number of aromatic nitrogens is 3. The third kappa shape index (κ3) is 2.57. The lowest BCUT2D eigenvalue weighted by atomic mass is 9.80. The summed E-state index contributed by atoms with van der Waals surface area (Å²) in [4.78, 5) is 4.39. The third-order valence-electron chi connectivity index (χ3n) is 4.38. The topological polar surface area (TPSA) is 53.6 Å². The van der Waals surface area contributed by atoms with Crippen molar-refractivity contribution in [3.8, 4) is 0 Å². The molecular weight excluding hydrogens is 236 g/mol. The number of H-pyrrole nitrogens is 1. The fourth-order valence-electron chi connectivity index (χ4n) is 3.08. The number of nitrogens with one attached hydrogen (secondary N) is 2. The van der Waals surface area contributed by atoms with Crippen molar-refractivity contribution in [2.45, 2.75) is 45.6 Å². The molecular formula is C15H22N4. The van der Waals surface area contributed by atoms with Crippen molar-refractivity contribution in [3.05, 3.63) is 18.3 Å². The summed E-state index contributed by atoms with van der Waals surface area (Å²) in [6.45, 7) is 4.67. The van der Waals surface area contributed by atoms with E-state index >= 15 is 0 Å². The molecule has 4 heteroatoms. The van der Waals surface area contributed by atoms with Crippen LogP contribution in [0.1, 0.15) is 39.5 Å². The number of fused-ring (bicyclic) bond motifs is 1. The van der Waals surface area contributed by atoms with Crippen LogP contribution in [0.4, 0.5) is 5.82 Å². The van der Waals surface area contributed by atoms with Gasteiger partial charge in [-0.15, -0.1) is 0 Å². The summed E-state index contributed by atoms with van der Waals surface area (Å²) in [7, 11) is 0. The highest BCUT2D eigenvalue weighted by Crippen LogP contribution is 2.31. The highest BCUT2D eigenvalue weighted by atomic mass is 15.2. The van der Waals surface area contributed by atoms with Crippen molar-refractivity contribution in [2.24, 2.45) is 11.8 Å². The molecule has 0 amide bonds. The molecule has 1 aliphatic rings. The average molecular weight is 258 g/mol. The predicted octanol–water partition coefficient (Wildman–Crippen LogP) is 3.58. The van der Waals surface area contributed by atoms with Crippen molar-refractivity contribution in [2.75, 3.05) is 5.32 Å². The van der Waals surface area contributed by atoms with Crippen LogP contribution in [0.2, 0.25) is 0 Å². The molecule has 0 bridgehead atoms. The Morgan fingerprint density at radius 3 is 2.79 bits per heavy atom. The normalized spacial score (nSPS) is 23.9. The van der Waals surface area contributed by atoms with E-state index in [0.717, 1.165) is 28.7 Å². The molecule has 3 rings (SSSR count). The SMILES string of the molecule is CC(C)C1CCC(Nc2n[nH]c3cccnc23)CC1. The van der Waals surface area contributed by atoms with Crippen LogP contribution >= 0.6 is 0 Å². The Hall–Kier alpha value is -1.58. The highest BCUT2D eigenvalue weighted by Gasteiger charge is 2.24. The molecule has 0 saturated heterocycles. The number of aromatic amines is 1. The molecule has 2 aromatic heterocycles. The molecule has 0 aliphatic heterocycles. The Bertz CT molecular complexity index is 538. The summed E-state index contributed by atoms with van der Waals surface area (Å²) in [5, 5.41) is 10.9. The number of anilines is 1. The lowest BCUT2D eigenvalue weighted by Crippen LogP contribution is -2.28. The zero-order chi connectivity index (χ0) is 13.2. The van der Waals surface area contributed by atoms with E-state index in [1.165, 1.54) is 25.7 Å². The molecule has 1 fully saturated rings. The van der Waals surface area contributed by atoms with Crippen LogP contribution in [0, 0.1) is 11.8 Å². The van der Waals surface area contributed by atoms with Gasteiger partial charge in [-0.3, -0.25) is 10.1 Å². The second kappa shape index (κ2) is 5.19. The van der Waals surface area contributed by atoms with E-state index in [-0.39, 0.29) is 0 Å². The van der Waals surface area contributed by atoms with Crippen molar-refractivity contribution in [3.63, 3.8) is 0 Å². The first kappa shape index (κ1) is 12.5. The number of nitrogens with zero attached hydrogens (tertiary/aromatic N) is 2. The van der Waals surface area contributed by atoms with E-state index in [0.29, 0.717) is 6.04 Å².